The normalized spacial score (nSPS) is 10.9. The number of hydrogen-bond donors (Lipinski definition) is 1. The van der Waals surface area contributed by atoms with Crippen LogP contribution in [0.2, 0.25) is 0 Å². The van der Waals surface area contributed by atoms with Gasteiger partial charge < -0.3 is 14.5 Å². The summed E-state index contributed by atoms with van der Waals surface area (Å²) >= 11 is 0. The fourth-order valence-corrected chi connectivity index (χ4v) is 3.31. The summed E-state index contributed by atoms with van der Waals surface area (Å²) in [6.45, 7) is 5.88. The zero-order valence-electron chi connectivity index (χ0n) is 16.2. The Morgan fingerprint density at radius 1 is 1.15 bits per heavy atom. The molecule has 140 valence electrons. The molecule has 0 aliphatic heterocycles. The molecule has 0 unspecified atom stereocenters. The molecule has 0 amide bonds. The number of benzene rings is 1. The van der Waals surface area contributed by atoms with Crippen molar-refractivity contribution < 1.29 is 19.1 Å². The minimum Gasteiger partial charge on any atom is -0.493 e. The van der Waals surface area contributed by atoms with Crippen LogP contribution in [0.5, 0.6) is 11.5 Å². The highest BCUT2D eigenvalue weighted by atomic mass is 16.5. The molecule has 0 aliphatic carbocycles. The number of carbonyl (C=O) groups is 2. The quantitative estimate of drug-likeness (QED) is 0.734. The number of Topliss-reactive ketones (excluding diaryl/α,β-unsaturated/α-hetero) is 2. The van der Waals surface area contributed by atoms with Gasteiger partial charge >= 0.3 is 0 Å². The number of aromatic nitrogens is 1. The summed E-state index contributed by atoms with van der Waals surface area (Å²) in [5.41, 5.74) is 3.48. The largest absolute Gasteiger partial charge is 0.493 e. The van der Waals surface area contributed by atoms with E-state index in [9.17, 15) is 9.59 Å². The van der Waals surface area contributed by atoms with Gasteiger partial charge in [-0.05, 0) is 39.4 Å². The standard InChI is InChI=1S/C20H26N2O4/c1-12-18(14(3)23)13(2)21-19(12)16(24)11-22(4)10-15-8-7-9-17(25-5)20(15)26-6/h7-9,21H,10-11H2,1-6H3. The molecule has 1 N–H and O–H groups in total. The summed E-state index contributed by atoms with van der Waals surface area (Å²) < 4.78 is 10.8. The number of ether oxygens (including phenoxy) is 2. The van der Waals surface area contributed by atoms with Crippen molar-refractivity contribution in [2.45, 2.75) is 27.3 Å². The van der Waals surface area contributed by atoms with E-state index in [1.54, 1.807) is 21.1 Å². The Kier molecular flexibility index (Phi) is 6.21. The van der Waals surface area contributed by atoms with Crippen LogP contribution >= 0.6 is 0 Å². The molecule has 2 aromatic rings. The molecule has 0 spiro atoms. The van der Waals surface area contributed by atoms with Gasteiger partial charge in [-0.2, -0.15) is 0 Å². The second-order valence-corrected chi connectivity index (χ2v) is 6.43. The SMILES string of the molecule is COc1cccc(CN(C)CC(=O)c2[nH]c(C)c(C(C)=O)c2C)c1OC. The van der Waals surface area contributed by atoms with E-state index in [2.05, 4.69) is 4.98 Å². The molecule has 26 heavy (non-hydrogen) atoms. The third-order valence-electron chi connectivity index (χ3n) is 4.41. The number of rotatable bonds is 8. The van der Waals surface area contributed by atoms with Gasteiger partial charge in [0.05, 0.1) is 26.5 Å². The molecule has 6 heteroatoms. The second kappa shape index (κ2) is 8.19. The monoisotopic (exact) mass is 358 g/mol. The Bertz CT molecular complexity index is 823. The first-order chi connectivity index (χ1) is 12.3. The van der Waals surface area contributed by atoms with Crippen LogP contribution in [0.4, 0.5) is 0 Å². The third-order valence-corrected chi connectivity index (χ3v) is 4.41. The number of aromatic amines is 1. The van der Waals surface area contributed by atoms with E-state index in [1.807, 2.05) is 37.1 Å². The summed E-state index contributed by atoms with van der Waals surface area (Å²) in [5, 5.41) is 0. The van der Waals surface area contributed by atoms with Crippen LogP contribution in [0, 0.1) is 13.8 Å². The Labute approximate surface area is 154 Å². The van der Waals surface area contributed by atoms with Crippen molar-refractivity contribution in [2.75, 3.05) is 27.8 Å². The Balaban J connectivity index is 2.16. The van der Waals surface area contributed by atoms with Crippen LogP contribution in [0.1, 0.15) is 44.6 Å². The van der Waals surface area contributed by atoms with Crippen LogP contribution in [0.15, 0.2) is 18.2 Å². The number of nitrogens with zero attached hydrogens (tertiary/aromatic N) is 1. The molecule has 0 saturated carbocycles. The van der Waals surface area contributed by atoms with Gasteiger partial charge in [0.15, 0.2) is 23.1 Å². The van der Waals surface area contributed by atoms with E-state index in [-0.39, 0.29) is 18.1 Å². The Morgan fingerprint density at radius 2 is 1.85 bits per heavy atom. The van der Waals surface area contributed by atoms with Crippen molar-refractivity contribution in [1.82, 2.24) is 9.88 Å². The molecule has 1 aromatic carbocycles. The topological polar surface area (TPSA) is 71.6 Å². The molecule has 0 radical (unpaired) electrons. The van der Waals surface area contributed by atoms with Crippen molar-refractivity contribution in [3.8, 4) is 11.5 Å². The zero-order chi connectivity index (χ0) is 19.4. The predicted molar refractivity (Wildman–Crippen MR) is 100 cm³/mol. The van der Waals surface area contributed by atoms with Crippen LogP contribution in [0.25, 0.3) is 0 Å². The molecular formula is C20H26N2O4. The van der Waals surface area contributed by atoms with Gasteiger partial charge in [0, 0.05) is 23.4 Å². The molecule has 0 saturated heterocycles. The van der Waals surface area contributed by atoms with Crippen LogP contribution in [-0.2, 0) is 6.54 Å². The fourth-order valence-electron chi connectivity index (χ4n) is 3.31. The van der Waals surface area contributed by atoms with Gasteiger partial charge in [0.1, 0.15) is 0 Å². The number of carbonyl (C=O) groups excluding carboxylic acids is 2. The lowest BCUT2D eigenvalue weighted by atomic mass is 10.1. The average molecular weight is 358 g/mol. The number of nitrogens with one attached hydrogen (secondary N) is 1. The Hall–Kier alpha value is -2.60. The van der Waals surface area contributed by atoms with E-state index in [0.29, 0.717) is 34.9 Å². The van der Waals surface area contributed by atoms with E-state index in [0.717, 1.165) is 11.3 Å². The minimum atomic E-state index is -0.0533. The van der Waals surface area contributed by atoms with Crippen LogP contribution in [0.3, 0.4) is 0 Å². The number of ketones is 2. The van der Waals surface area contributed by atoms with Gasteiger partial charge in [-0.3, -0.25) is 14.5 Å². The maximum absolute atomic E-state index is 12.7. The molecule has 0 bridgehead atoms. The second-order valence-electron chi connectivity index (χ2n) is 6.43. The van der Waals surface area contributed by atoms with Gasteiger partial charge in [-0.25, -0.2) is 0 Å². The summed E-state index contributed by atoms with van der Waals surface area (Å²) in [6, 6.07) is 5.67. The van der Waals surface area contributed by atoms with Crippen LogP contribution < -0.4 is 9.47 Å². The molecule has 1 aromatic heterocycles. The number of H-pyrrole nitrogens is 1. The van der Waals surface area contributed by atoms with E-state index < -0.39 is 0 Å². The molecule has 0 fully saturated rings. The van der Waals surface area contributed by atoms with E-state index in [1.165, 1.54) is 6.92 Å². The van der Waals surface area contributed by atoms with Gasteiger partial charge in [-0.1, -0.05) is 12.1 Å². The summed E-state index contributed by atoms with van der Waals surface area (Å²) in [4.78, 5) is 29.4. The van der Waals surface area contributed by atoms with Crippen LogP contribution in [-0.4, -0.2) is 49.3 Å². The Morgan fingerprint density at radius 3 is 2.38 bits per heavy atom. The van der Waals surface area contributed by atoms with Gasteiger partial charge in [0.2, 0.25) is 0 Å². The summed E-state index contributed by atoms with van der Waals surface area (Å²) in [7, 11) is 5.06. The number of methoxy groups -OCH3 is 2. The molecule has 0 aliphatic rings. The molecule has 6 nitrogen and oxygen atoms in total. The van der Waals surface area contributed by atoms with E-state index >= 15 is 0 Å². The molecular weight excluding hydrogens is 332 g/mol. The predicted octanol–water partition coefficient (Wildman–Crippen LogP) is 3.17. The number of likely N-dealkylation sites (N-methyl/N-ethyl adjacent to an activating group) is 1. The van der Waals surface area contributed by atoms with Gasteiger partial charge in [-0.15, -0.1) is 0 Å². The molecule has 2 rings (SSSR count). The number of hydrogen-bond acceptors (Lipinski definition) is 5. The lowest BCUT2D eigenvalue weighted by molar-refractivity contribution is 0.0937. The molecule has 1 heterocycles. The van der Waals surface area contributed by atoms with Crippen molar-refractivity contribution in [2.24, 2.45) is 0 Å². The summed E-state index contributed by atoms with van der Waals surface area (Å²) in [6.07, 6.45) is 0. The van der Waals surface area contributed by atoms with Crippen molar-refractivity contribution in [3.05, 3.63) is 46.3 Å². The number of aryl methyl sites for hydroxylation is 1. The molecule has 0 atom stereocenters. The van der Waals surface area contributed by atoms with Crippen molar-refractivity contribution >= 4 is 11.6 Å². The van der Waals surface area contributed by atoms with Crippen molar-refractivity contribution in [3.63, 3.8) is 0 Å². The minimum absolute atomic E-state index is 0.0372. The fraction of sp³-hybridized carbons (Fsp3) is 0.400. The average Bonchev–Trinajstić information content (AvgIpc) is 2.89. The maximum Gasteiger partial charge on any atom is 0.193 e. The number of para-hydroxylation sites is 1. The lowest BCUT2D eigenvalue weighted by Gasteiger charge is -2.19. The first kappa shape index (κ1) is 19.7. The van der Waals surface area contributed by atoms with Gasteiger partial charge in [0.25, 0.3) is 0 Å². The highest BCUT2D eigenvalue weighted by Gasteiger charge is 2.21. The first-order valence-corrected chi connectivity index (χ1v) is 8.41. The highest BCUT2D eigenvalue weighted by molar-refractivity contribution is 6.03. The van der Waals surface area contributed by atoms with E-state index in [4.69, 9.17) is 9.47 Å². The van der Waals surface area contributed by atoms with Crippen molar-refractivity contribution in [1.29, 1.82) is 0 Å². The first-order valence-electron chi connectivity index (χ1n) is 8.41. The highest BCUT2D eigenvalue weighted by Crippen LogP contribution is 2.31. The maximum atomic E-state index is 12.7. The summed E-state index contributed by atoms with van der Waals surface area (Å²) in [5.74, 6) is 1.24. The smallest absolute Gasteiger partial charge is 0.193 e. The third kappa shape index (κ3) is 3.96. The lowest BCUT2D eigenvalue weighted by Crippen LogP contribution is -2.26. The zero-order valence-corrected chi connectivity index (χ0v) is 16.2.